The molecule has 0 spiro atoms. The normalized spacial score (nSPS) is 57.0. The van der Waals surface area contributed by atoms with Gasteiger partial charge < -0.3 is 10.4 Å². The Balaban J connectivity index is 2.06. The number of rotatable bonds is 0. The monoisotopic (exact) mass is 99.1 g/mol. The summed E-state index contributed by atoms with van der Waals surface area (Å²) < 4.78 is 0. The molecule has 1 heterocycles. The lowest BCUT2D eigenvalue weighted by Crippen LogP contribution is -2.16. The minimum absolute atomic E-state index is 0.0567. The number of aliphatic hydroxyl groups excluding tert-OH is 1. The van der Waals surface area contributed by atoms with E-state index >= 15 is 0 Å². The van der Waals surface area contributed by atoms with Crippen molar-refractivity contribution >= 4 is 0 Å². The molecule has 1 saturated carbocycles. The van der Waals surface area contributed by atoms with E-state index in [4.69, 9.17) is 5.11 Å². The zero-order valence-corrected chi connectivity index (χ0v) is 4.09. The molecule has 2 fully saturated rings. The summed E-state index contributed by atoms with van der Waals surface area (Å²) in [6, 6.07) is 0. The molecule has 2 unspecified atom stereocenters. The van der Waals surface area contributed by atoms with E-state index in [0.717, 1.165) is 13.1 Å². The minimum atomic E-state index is 0.0567. The highest BCUT2D eigenvalue weighted by Gasteiger charge is 2.51. The van der Waals surface area contributed by atoms with Crippen molar-refractivity contribution in [1.82, 2.24) is 5.32 Å². The van der Waals surface area contributed by atoms with Gasteiger partial charge in [0.05, 0.1) is 6.10 Å². The lowest BCUT2D eigenvalue weighted by atomic mass is 10.4. The van der Waals surface area contributed by atoms with E-state index in [0.29, 0.717) is 11.8 Å². The molecule has 1 aliphatic heterocycles. The van der Waals surface area contributed by atoms with Crippen LogP contribution >= 0.6 is 0 Å². The zero-order chi connectivity index (χ0) is 4.85. The third-order valence-electron chi connectivity index (χ3n) is 2.05. The standard InChI is InChI=1S/C5H9NO/c7-5-3-1-6-2-4(3)5/h3-7H,1-2H2. The first-order valence-corrected chi connectivity index (χ1v) is 2.78. The maximum absolute atomic E-state index is 8.91. The predicted molar refractivity (Wildman–Crippen MR) is 25.9 cm³/mol. The summed E-state index contributed by atoms with van der Waals surface area (Å²) >= 11 is 0. The van der Waals surface area contributed by atoms with Crippen molar-refractivity contribution in [3.05, 3.63) is 0 Å². The average Bonchev–Trinajstić information content (AvgIpc) is 2.26. The average molecular weight is 99.1 g/mol. The molecular formula is C5H9NO. The summed E-state index contributed by atoms with van der Waals surface area (Å²) in [5.41, 5.74) is 0. The van der Waals surface area contributed by atoms with Crippen LogP contribution in [0.25, 0.3) is 0 Å². The fraction of sp³-hybridized carbons (Fsp3) is 1.00. The van der Waals surface area contributed by atoms with Crippen molar-refractivity contribution < 1.29 is 5.11 Å². The molecule has 2 heteroatoms. The van der Waals surface area contributed by atoms with Crippen LogP contribution in [0.4, 0.5) is 0 Å². The van der Waals surface area contributed by atoms with Crippen LogP contribution in [0.1, 0.15) is 0 Å². The van der Waals surface area contributed by atoms with Gasteiger partial charge in [-0.3, -0.25) is 0 Å². The van der Waals surface area contributed by atoms with Gasteiger partial charge in [-0.1, -0.05) is 0 Å². The van der Waals surface area contributed by atoms with Crippen LogP contribution in [0.2, 0.25) is 0 Å². The first-order valence-electron chi connectivity index (χ1n) is 2.78. The summed E-state index contributed by atoms with van der Waals surface area (Å²) in [5.74, 6) is 1.25. The molecule has 2 atom stereocenters. The smallest absolute Gasteiger partial charge is 0.0629 e. The minimum Gasteiger partial charge on any atom is -0.392 e. The maximum atomic E-state index is 8.91. The first-order chi connectivity index (χ1) is 3.39. The van der Waals surface area contributed by atoms with E-state index in [1.165, 1.54) is 0 Å². The van der Waals surface area contributed by atoms with Crippen molar-refractivity contribution in [3.63, 3.8) is 0 Å². The number of piperidine rings is 1. The number of aliphatic hydroxyl groups is 1. The van der Waals surface area contributed by atoms with Gasteiger partial charge >= 0.3 is 0 Å². The van der Waals surface area contributed by atoms with Gasteiger partial charge in [-0.2, -0.15) is 0 Å². The van der Waals surface area contributed by atoms with Crippen LogP contribution in [0.15, 0.2) is 0 Å². The number of nitrogens with one attached hydrogen (secondary N) is 1. The van der Waals surface area contributed by atoms with E-state index in [2.05, 4.69) is 5.32 Å². The summed E-state index contributed by atoms with van der Waals surface area (Å²) in [6.07, 6.45) is 0.0567. The van der Waals surface area contributed by atoms with E-state index < -0.39 is 0 Å². The quantitative estimate of drug-likeness (QED) is 0.416. The van der Waals surface area contributed by atoms with Crippen LogP contribution in [0.3, 0.4) is 0 Å². The molecule has 0 aromatic rings. The summed E-state index contributed by atoms with van der Waals surface area (Å²) in [5, 5.41) is 12.1. The molecule has 0 radical (unpaired) electrons. The van der Waals surface area contributed by atoms with Crippen LogP contribution in [-0.2, 0) is 0 Å². The molecule has 1 saturated heterocycles. The molecule has 0 bridgehead atoms. The third-order valence-corrected chi connectivity index (χ3v) is 2.05. The molecule has 2 rings (SSSR count). The Bertz CT molecular complexity index is 84.1. The fourth-order valence-corrected chi connectivity index (χ4v) is 1.39. The second-order valence-electron chi connectivity index (χ2n) is 2.48. The predicted octanol–water partition coefficient (Wildman–Crippen LogP) is -0.804. The Morgan fingerprint density at radius 1 is 1.29 bits per heavy atom. The Labute approximate surface area is 42.5 Å². The van der Waals surface area contributed by atoms with Crippen molar-refractivity contribution in [2.24, 2.45) is 11.8 Å². The molecule has 7 heavy (non-hydrogen) atoms. The maximum Gasteiger partial charge on any atom is 0.0629 e. The van der Waals surface area contributed by atoms with Crippen molar-refractivity contribution in [1.29, 1.82) is 0 Å². The Morgan fingerprint density at radius 2 is 1.86 bits per heavy atom. The van der Waals surface area contributed by atoms with Crippen LogP contribution in [0.5, 0.6) is 0 Å². The molecule has 2 nitrogen and oxygen atoms in total. The summed E-state index contributed by atoms with van der Waals surface area (Å²) in [4.78, 5) is 0. The lowest BCUT2D eigenvalue weighted by molar-refractivity contribution is 0.237. The number of hydrogen-bond acceptors (Lipinski definition) is 2. The first kappa shape index (κ1) is 3.87. The third kappa shape index (κ3) is 0.359. The molecule has 1 aliphatic carbocycles. The van der Waals surface area contributed by atoms with Gasteiger partial charge in [0.25, 0.3) is 0 Å². The molecule has 2 N–H and O–H groups in total. The van der Waals surface area contributed by atoms with Gasteiger partial charge in [0, 0.05) is 24.9 Å². The number of fused-ring (bicyclic) bond motifs is 1. The highest BCUT2D eigenvalue weighted by molar-refractivity contribution is 5.04. The van der Waals surface area contributed by atoms with E-state index in [9.17, 15) is 0 Å². The molecule has 40 valence electrons. The van der Waals surface area contributed by atoms with Gasteiger partial charge in [-0.05, 0) is 0 Å². The van der Waals surface area contributed by atoms with Crippen LogP contribution in [-0.4, -0.2) is 24.3 Å². The van der Waals surface area contributed by atoms with Crippen molar-refractivity contribution in [2.45, 2.75) is 6.10 Å². The zero-order valence-electron chi connectivity index (χ0n) is 4.09. The second kappa shape index (κ2) is 1.01. The van der Waals surface area contributed by atoms with Gasteiger partial charge in [-0.15, -0.1) is 0 Å². The van der Waals surface area contributed by atoms with Gasteiger partial charge in [-0.25, -0.2) is 0 Å². The Morgan fingerprint density at radius 3 is 2.14 bits per heavy atom. The van der Waals surface area contributed by atoms with Crippen LogP contribution in [0, 0.1) is 11.8 Å². The topological polar surface area (TPSA) is 32.3 Å². The highest BCUT2D eigenvalue weighted by atomic mass is 16.3. The Hall–Kier alpha value is -0.0800. The van der Waals surface area contributed by atoms with Crippen LogP contribution < -0.4 is 5.32 Å². The number of hydrogen-bond donors (Lipinski definition) is 2. The Kier molecular flexibility index (Phi) is 0.557. The highest BCUT2D eigenvalue weighted by Crippen LogP contribution is 2.41. The molecule has 0 aromatic heterocycles. The largest absolute Gasteiger partial charge is 0.392 e. The van der Waals surface area contributed by atoms with Gasteiger partial charge in [0.15, 0.2) is 0 Å². The molecule has 2 aliphatic rings. The molecule has 0 aromatic carbocycles. The summed E-state index contributed by atoms with van der Waals surface area (Å²) in [7, 11) is 0. The fourth-order valence-electron chi connectivity index (χ4n) is 1.39. The second-order valence-corrected chi connectivity index (χ2v) is 2.48. The van der Waals surface area contributed by atoms with Crippen molar-refractivity contribution in [3.8, 4) is 0 Å². The van der Waals surface area contributed by atoms with E-state index in [-0.39, 0.29) is 6.10 Å². The molecule has 0 amide bonds. The van der Waals surface area contributed by atoms with E-state index in [1.807, 2.05) is 0 Å². The van der Waals surface area contributed by atoms with E-state index in [1.54, 1.807) is 0 Å². The van der Waals surface area contributed by atoms with Crippen molar-refractivity contribution in [2.75, 3.05) is 13.1 Å². The lowest BCUT2D eigenvalue weighted by Gasteiger charge is -1.93. The summed E-state index contributed by atoms with van der Waals surface area (Å²) in [6.45, 7) is 2.09. The SMILES string of the molecule is OC1C2CNCC12. The van der Waals surface area contributed by atoms with Gasteiger partial charge in [0.2, 0.25) is 0 Å². The molecular weight excluding hydrogens is 90.1 g/mol. The van der Waals surface area contributed by atoms with Gasteiger partial charge in [0.1, 0.15) is 0 Å².